The molecule has 0 N–H and O–H groups in total. The number of carbonyl (C=O) groups excluding carboxylic acids is 1. The number of carbonyl (C=O) groups is 1. The van der Waals surface area contributed by atoms with Crippen LogP contribution in [-0.2, 0) is 9.16 Å². The van der Waals surface area contributed by atoms with Crippen LogP contribution in [0.3, 0.4) is 0 Å². The van der Waals surface area contributed by atoms with Crippen molar-refractivity contribution in [2.75, 3.05) is 26.2 Å². The maximum Gasteiger partial charge on any atom is 0.410 e. The molecule has 1 aliphatic heterocycles. The molecule has 0 spiro atoms. The molecule has 1 saturated heterocycles. The van der Waals surface area contributed by atoms with Crippen molar-refractivity contribution in [3.63, 3.8) is 0 Å². The van der Waals surface area contributed by atoms with Crippen LogP contribution >= 0.6 is 0 Å². The highest BCUT2D eigenvalue weighted by Gasteiger charge is 2.49. The average Bonchev–Trinajstić information content (AvgIpc) is 3.54. The molecule has 1 aromatic carbocycles. The molecule has 202 valence electrons. The zero-order chi connectivity index (χ0) is 26.7. The summed E-state index contributed by atoms with van der Waals surface area (Å²) in [6.45, 7) is 23.3. The van der Waals surface area contributed by atoms with E-state index in [1.54, 1.807) is 0 Å². The molecule has 3 rings (SSSR count). The number of benzene rings is 1. The second-order valence-corrected chi connectivity index (χ2v) is 18.1. The maximum atomic E-state index is 13.4. The first kappa shape index (κ1) is 28.9. The molecule has 6 heteroatoms. The van der Waals surface area contributed by atoms with E-state index in [2.05, 4.69) is 80.9 Å². The summed E-state index contributed by atoms with van der Waals surface area (Å²) in [5.74, 6) is 0.411. The van der Waals surface area contributed by atoms with E-state index < -0.39 is 13.9 Å². The van der Waals surface area contributed by atoms with Gasteiger partial charge in [-0.05, 0) is 70.7 Å². The fourth-order valence-corrected chi connectivity index (χ4v) is 5.87. The van der Waals surface area contributed by atoms with Gasteiger partial charge in [-0.3, -0.25) is 0 Å². The first-order chi connectivity index (χ1) is 16.7. The third-order valence-corrected chi connectivity index (χ3v) is 12.7. The van der Waals surface area contributed by atoms with Crippen LogP contribution in [0, 0.1) is 5.92 Å². The number of likely N-dealkylation sites (tertiary alicyclic amines) is 1. The van der Waals surface area contributed by atoms with Gasteiger partial charge in [-0.25, -0.2) is 4.79 Å². The van der Waals surface area contributed by atoms with Gasteiger partial charge in [0.05, 0.1) is 0 Å². The van der Waals surface area contributed by atoms with Crippen molar-refractivity contribution in [2.45, 2.75) is 104 Å². The SMILES string of the molecule is C/C(=C\c1ccccc1)[C@@H]1C[C@H]1N(C(=O)OC(C)(C)C)C1CCN(CCO[Si](C)(C)C(C)(C)C)CC1. The molecule has 1 heterocycles. The highest BCUT2D eigenvalue weighted by atomic mass is 28.4. The number of hydrogen-bond donors (Lipinski definition) is 0. The molecule has 1 amide bonds. The van der Waals surface area contributed by atoms with Crippen LogP contribution in [0.1, 0.15) is 73.3 Å². The molecule has 36 heavy (non-hydrogen) atoms. The number of hydrogen-bond acceptors (Lipinski definition) is 4. The van der Waals surface area contributed by atoms with Gasteiger partial charge in [0.25, 0.3) is 0 Å². The standard InChI is InChI=1S/C30H50N2O3Si/c1-23(21-24-13-11-10-12-14-24)26-22-27(26)32(28(33)35-29(2,3)4)25-15-17-31(18-16-25)19-20-34-36(8,9)30(5,6)7/h10-14,21,25-27H,15-20,22H2,1-9H3/b23-21+/t26-,27+/m0/s1. The van der Waals surface area contributed by atoms with Crippen molar-refractivity contribution in [3.8, 4) is 0 Å². The molecule has 2 aliphatic rings. The third kappa shape index (κ3) is 7.93. The van der Waals surface area contributed by atoms with E-state index >= 15 is 0 Å². The van der Waals surface area contributed by atoms with E-state index in [-0.39, 0.29) is 23.2 Å². The van der Waals surface area contributed by atoms with Gasteiger partial charge in [0.1, 0.15) is 5.60 Å². The van der Waals surface area contributed by atoms with E-state index in [1.165, 1.54) is 11.1 Å². The Kier molecular flexibility index (Phi) is 9.16. The van der Waals surface area contributed by atoms with Crippen molar-refractivity contribution >= 4 is 20.5 Å². The van der Waals surface area contributed by atoms with Gasteiger partial charge in [0.15, 0.2) is 8.32 Å². The highest BCUT2D eigenvalue weighted by molar-refractivity contribution is 6.74. The number of nitrogens with zero attached hydrogens (tertiary/aromatic N) is 2. The lowest BCUT2D eigenvalue weighted by Gasteiger charge is -2.40. The first-order valence-electron chi connectivity index (χ1n) is 13.8. The van der Waals surface area contributed by atoms with Crippen molar-refractivity contribution in [3.05, 3.63) is 41.5 Å². The second-order valence-electron chi connectivity index (χ2n) is 13.3. The quantitative estimate of drug-likeness (QED) is 0.344. The predicted octanol–water partition coefficient (Wildman–Crippen LogP) is 7.20. The van der Waals surface area contributed by atoms with Gasteiger partial charge in [-0.2, -0.15) is 0 Å². The Morgan fingerprint density at radius 3 is 2.25 bits per heavy atom. The molecule has 2 atom stereocenters. The lowest BCUT2D eigenvalue weighted by atomic mass is 10.0. The van der Waals surface area contributed by atoms with Gasteiger partial charge >= 0.3 is 6.09 Å². The molecule has 0 aromatic heterocycles. The summed E-state index contributed by atoms with van der Waals surface area (Å²) in [4.78, 5) is 18.0. The summed E-state index contributed by atoms with van der Waals surface area (Å²) in [6.07, 6.45) is 5.12. The molecule has 1 saturated carbocycles. The van der Waals surface area contributed by atoms with Crippen LogP contribution in [0.25, 0.3) is 6.08 Å². The van der Waals surface area contributed by atoms with Crippen LogP contribution < -0.4 is 0 Å². The normalized spacial score (nSPS) is 22.4. The molecule has 0 radical (unpaired) electrons. The lowest BCUT2D eigenvalue weighted by Crippen LogP contribution is -2.51. The van der Waals surface area contributed by atoms with E-state index in [0.717, 1.165) is 45.5 Å². The highest BCUT2D eigenvalue weighted by Crippen LogP contribution is 2.44. The largest absolute Gasteiger partial charge is 0.444 e. The van der Waals surface area contributed by atoms with E-state index in [4.69, 9.17) is 9.16 Å². The minimum Gasteiger partial charge on any atom is -0.444 e. The van der Waals surface area contributed by atoms with E-state index in [1.807, 2.05) is 26.8 Å². The molecule has 5 nitrogen and oxygen atoms in total. The molecular weight excluding hydrogens is 464 g/mol. The third-order valence-electron chi connectivity index (χ3n) is 8.12. The minimum atomic E-state index is -1.71. The summed E-state index contributed by atoms with van der Waals surface area (Å²) in [7, 11) is -1.71. The smallest absolute Gasteiger partial charge is 0.410 e. The molecule has 0 bridgehead atoms. The summed E-state index contributed by atoms with van der Waals surface area (Å²) < 4.78 is 12.3. The fraction of sp³-hybridized carbons (Fsp3) is 0.700. The Hall–Kier alpha value is -1.63. The second kappa shape index (κ2) is 11.4. The molecule has 1 aromatic rings. The van der Waals surface area contributed by atoms with Gasteiger partial charge in [0, 0.05) is 44.2 Å². The van der Waals surface area contributed by atoms with E-state index in [0.29, 0.717) is 5.92 Å². The predicted molar refractivity (Wildman–Crippen MR) is 153 cm³/mol. The van der Waals surface area contributed by atoms with Gasteiger partial charge in [-0.15, -0.1) is 0 Å². The molecule has 0 unspecified atom stereocenters. The first-order valence-corrected chi connectivity index (χ1v) is 16.7. The Morgan fingerprint density at radius 2 is 1.69 bits per heavy atom. The number of ether oxygens (including phenoxy) is 1. The van der Waals surface area contributed by atoms with Crippen LogP contribution in [0.5, 0.6) is 0 Å². The Balaban J connectivity index is 1.60. The van der Waals surface area contributed by atoms with Gasteiger partial charge < -0.3 is 19.0 Å². The zero-order valence-electron chi connectivity index (χ0n) is 24.3. The Labute approximate surface area is 221 Å². The molecule has 2 fully saturated rings. The summed E-state index contributed by atoms with van der Waals surface area (Å²) >= 11 is 0. The minimum absolute atomic E-state index is 0.151. The average molecular weight is 515 g/mol. The van der Waals surface area contributed by atoms with Crippen LogP contribution in [0.2, 0.25) is 18.1 Å². The number of rotatable bonds is 8. The van der Waals surface area contributed by atoms with Crippen molar-refractivity contribution < 1.29 is 14.0 Å². The van der Waals surface area contributed by atoms with Crippen molar-refractivity contribution in [1.82, 2.24) is 9.80 Å². The van der Waals surface area contributed by atoms with Crippen LogP contribution in [-0.4, -0.2) is 68.1 Å². The fourth-order valence-electron chi connectivity index (χ4n) is 4.83. The lowest BCUT2D eigenvalue weighted by molar-refractivity contribution is 0.00424. The zero-order valence-corrected chi connectivity index (χ0v) is 25.3. The molecule has 1 aliphatic carbocycles. The summed E-state index contributed by atoms with van der Waals surface area (Å²) in [5, 5.41) is 0.238. The van der Waals surface area contributed by atoms with E-state index in [9.17, 15) is 4.79 Å². The number of piperidine rings is 1. The monoisotopic (exact) mass is 514 g/mol. The maximum absolute atomic E-state index is 13.4. The topological polar surface area (TPSA) is 42.0 Å². The van der Waals surface area contributed by atoms with Gasteiger partial charge in [0.2, 0.25) is 0 Å². The van der Waals surface area contributed by atoms with Crippen LogP contribution in [0.15, 0.2) is 35.9 Å². The summed E-state index contributed by atoms with van der Waals surface area (Å²) in [5.41, 5.74) is 2.08. The van der Waals surface area contributed by atoms with Gasteiger partial charge in [-0.1, -0.05) is 62.8 Å². The van der Waals surface area contributed by atoms with Crippen molar-refractivity contribution in [1.29, 1.82) is 0 Å². The Bertz CT molecular complexity index is 893. The number of amides is 1. The molecular formula is C30H50N2O3Si. The van der Waals surface area contributed by atoms with Crippen LogP contribution in [0.4, 0.5) is 4.79 Å². The van der Waals surface area contributed by atoms with Crippen molar-refractivity contribution in [2.24, 2.45) is 5.92 Å². The Morgan fingerprint density at radius 1 is 1.08 bits per heavy atom. The summed E-state index contributed by atoms with van der Waals surface area (Å²) in [6, 6.07) is 10.9.